The van der Waals surface area contributed by atoms with E-state index >= 15 is 0 Å². The lowest BCUT2D eigenvalue weighted by atomic mass is 10.0. The molecule has 2 heterocycles. The van der Waals surface area contributed by atoms with Crippen LogP contribution in [0.25, 0.3) is 0 Å². The number of aromatic nitrogens is 2. The Balaban J connectivity index is 1.65. The summed E-state index contributed by atoms with van der Waals surface area (Å²) in [4.78, 5) is 23.0. The molecule has 0 spiro atoms. The van der Waals surface area contributed by atoms with E-state index in [2.05, 4.69) is 41.3 Å². The van der Waals surface area contributed by atoms with Gasteiger partial charge in [-0.1, -0.05) is 26.0 Å². The molecule has 1 aliphatic rings. The second-order valence-corrected chi connectivity index (χ2v) is 6.46. The topological polar surface area (TPSA) is 58.1 Å². The summed E-state index contributed by atoms with van der Waals surface area (Å²) in [6.45, 7) is 5.94. The summed E-state index contributed by atoms with van der Waals surface area (Å²) in [5.74, 6) is 1.18. The van der Waals surface area contributed by atoms with Gasteiger partial charge in [0.15, 0.2) is 0 Å². The lowest BCUT2D eigenvalue weighted by Crippen LogP contribution is -2.39. The second-order valence-electron chi connectivity index (χ2n) is 6.46. The fourth-order valence-corrected chi connectivity index (χ4v) is 3.01. The number of benzene rings is 1. The lowest BCUT2D eigenvalue weighted by molar-refractivity contribution is 0.0676. The molecule has 3 rings (SSSR count). The van der Waals surface area contributed by atoms with Crippen molar-refractivity contribution in [2.75, 3.05) is 18.4 Å². The van der Waals surface area contributed by atoms with E-state index in [9.17, 15) is 4.79 Å². The Morgan fingerprint density at radius 3 is 2.67 bits per heavy atom. The number of nitrogens with one attached hydrogen (secondary N) is 1. The Morgan fingerprint density at radius 2 is 2.04 bits per heavy atom. The number of hydrogen-bond acceptors (Lipinski definition) is 4. The van der Waals surface area contributed by atoms with Crippen molar-refractivity contribution in [1.82, 2.24) is 14.9 Å². The Kier molecular flexibility index (Phi) is 5.08. The molecule has 24 heavy (non-hydrogen) atoms. The molecule has 1 amide bonds. The first kappa shape index (κ1) is 16.4. The molecule has 2 aromatic rings. The average Bonchev–Trinajstić information content (AvgIpc) is 2.62. The van der Waals surface area contributed by atoms with Crippen molar-refractivity contribution < 1.29 is 4.79 Å². The maximum Gasteiger partial charge on any atom is 0.274 e. The van der Waals surface area contributed by atoms with Crippen molar-refractivity contribution in [3.63, 3.8) is 0 Å². The molecule has 1 aromatic carbocycles. The maximum atomic E-state index is 12.5. The van der Waals surface area contributed by atoms with Crippen LogP contribution in [0, 0.1) is 5.92 Å². The van der Waals surface area contributed by atoms with Gasteiger partial charge in [-0.25, -0.2) is 9.97 Å². The monoisotopic (exact) mass is 324 g/mol. The Morgan fingerprint density at radius 1 is 1.25 bits per heavy atom. The number of carbonyl (C=O) groups is 1. The minimum Gasteiger partial charge on any atom is -0.339 e. The molecule has 0 radical (unpaired) electrons. The Hall–Kier alpha value is -2.43. The van der Waals surface area contributed by atoms with Gasteiger partial charge in [0, 0.05) is 18.8 Å². The van der Waals surface area contributed by atoms with E-state index in [0.29, 0.717) is 17.4 Å². The van der Waals surface area contributed by atoms with Crippen LogP contribution in [0.1, 0.15) is 42.7 Å². The minimum atomic E-state index is -0.0205. The first-order valence-corrected chi connectivity index (χ1v) is 8.63. The molecule has 0 bridgehead atoms. The van der Waals surface area contributed by atoms with Gasteiger partial charge >= 0.3 is 0 Å². The van der Waals surface area contributed by atoms with Crippen LogP contribution in [0.5, 0.6) is 0 Å². The normalized spacial score (nSPS) is 17.6. The number of anilines is 2. The molecule has 1 aliphatic heterocycles. The van der Waals surface area contributed by atoms with E-state index < -0.39 is 0 Å². The lowest BCUT2D eigenvalue weighted by Gasteiger charge is -2.30. The van der Waals surface area contributed by atoms with E-state index in [4.69, 9.17) is 0 Å². The summed E-state index contributed by atoms with van der Waals surface area (Å²) in [5.41, 5.74) is 2.67. The van der Waals surface area contributed by atoms with Crippen molar-refractivity contribution in [3.05, 3.63) is 47.9 Å². The number of amides is 1. The Bertz CT molecular complexity index is 682. The molecule has 1 fully saturated rings. The number of rotatable bonds is 4. The summed E-state index contributed by atoms with van der Waals surface area (Å²) in [7, 11) is 0. The van der Waals surface area contributed by atoms with E-state index in [1.165, 1.54) is 12.0 Å². The third-order valence-corrected chi connectivity index (χ3v) is 4.45. The predicted octanol–water partition coefficient (Wildman–Crippen LogP) is 3.65. The molecular weight excluding hydrogens is 300 g/mol. The van der Waals surface area contributed by atoms with Gasteiger partial charge in [-0.3, -0.25) is 4.79 Å². The minimum absolute atomic E-state index is 0.0205. The summed E-state index contributed by atoms with van der Waals surface area (Å²) in [6.07, 6.45) is 6.45. The summed E-state index contributed by atoms with van der Waals surface area (Å²) in [6, 6.07) is 8.22. The van der Waals surface area contributed by atoms with Crippen LogP contribution in [0.15, 0.2) is 36.7 Å². The highest BCUT2D eigenvalue weighted by Crippen LogP contribution is 2.18. The number of nitrogens with zero attached hydrogens (tertiary/aromatic N) is 3. The molecular formula is C19H24N4O. The van der Waals surface area contributed by atoms with Gasteiger partial charge in [-0.2, -0.15) is 0 Å². The van der Waals surface area contributed by atoms with E-state index in [-0.39, 0.29) is 5.91 Å². The molecule has 0 saturated carbocycles. The van der Waals surface area contributed by atoms with Crippen molar-refractivity contribution >= 4 is 17.4 Å². The molecule has 0 aliphatic carbocycles. The summed E-state index contributed by atoms with van der Waals surface area (Å²) in [5, 5.41) is 3.21. The van der Waals surface area contributed by atoms with Crippen LogP contribution < -0.4 is 5.32 Å². The number of aryl methyl sites for hydroxylation is 1. The van der Waals surface area contributed by atoms with Gasteiger partial charge in [-0.05, 0) is 42.9 Å². The van der Waals surface area contributed by atoms with Gasteiger partial charge < -0.3 is 10.2 Å². The average molecular weight is 324 g/mol. The maximum absolute atomic E-state index is 12.5. The van der Waals surface area contributed by atoms with Crippen LogP contribution in [0.3, 0.4) is 0 Å². The molecule has 5 heteroatoms. The summed E-state index contributed by atoms with van der Waals surface area (Å²) < 4.78 is 0. The van der Waals surface area contributed by atoms with E-state index in [1.807, 2.05) is 17.0 Å². The predicted molar refractivity (Wildman–Crippen MR) is 95.4 cm³/mol. The van der Waals surface area contributed by atoms with Gasteiger partial charge in [-0.15, -0.1) is 0 Å². The van der Waals surface area contributed by atoms with Crippen molar-refractivity contribution in [3.8, 4) is 0 Å². The fourth-order valence-electron chi connectivity index (χ4n) is 3.01. The quantitative estimate of drug-likeness (QED) is 0.932. The zero-order valence-electron chi connectivity index (χ0n) is 14.3. The van der Waals surface area contributed by atoms with Crippen LogP contribution in [-0.4, -0.2) is 33.9 Å². The highest BCUT2D eigenvalue weighted by atomic mass is 16.2. The first-order valence-electron chi connectivity index (χ1n) is 8.63. The van der Waals surface area contributed by atoms with E-state index in [1.54, 1.807) is 12.4 Å². The molecule has 1 unspecified atom stereocenters. The van der Waals surface area contributed by atoms with Crippen LogP contribution in [0.2, 0.25) is 0 Å². The van der Waals surface area contributed by atoms with Crippen LogP contribution in [-0.2, 0) is 6.42 Å². The van der Waals surface area contributed by atoms with Crippen molar-refractivity contribution in [2.24, 2.45) is 5.92 Å². The molecule has 126 valence electrons. The fraction of sp³-hybridized carbons (Fsp3) is 0.421. The molecule has 1 aromatic heterocycles. The molecule has 1 saturated heterocycles. The van der Waals surface area contributed by atoms with Gasteiger partial charge in [0.2, 0.25) is 0 Å². The third kappa shape index (κ3) is 3.91. The SMILES string of the molecule is CCc1ccc(Nc2cnc(C(=O)N3CCCC(C)C3)cn2)cc1. The first-order chi connectivity index (χ1) is 11.7. The van der Waals surface area contributed by atoms with E-state index in [0.717, 1.165) is 31.6 Å². The van der Waals surface area contributed by atoms with Crippen molar-refractivity contribution in [1.29, 1.82) is 0 Å². The van der Waals surface area contributed by atoms with Gasteiger partial charge in [0.25, 0.3) is 5.91 Å². The largest absolute Gasteiger partial charge is 0.339 e. The van der Waals surface area contributed by atoms with Crippen molar-refractivity contribution in [2.45, 2.75) is 33.1 Å². The molecule has 1 atom stereocenters. The van der Waals surface area contributed by atoms with Gasteiger partial charge in [0.1, 0.15) is 11.5 Å². The highest BCUT2D eigenvalue weighted by Gasteiger charge is 2.23. The summed E-state index contributed by atoms with van der Waals surface area (Å²) >= 11 is 0. The number of likely N-dealkylation sites (tertiary alicyclic amines) is 1. The molecule has 5 nitrogen and oxygen atoms in total. The van der Waals surface area contributed by atoms with Crippen LogP contribution >= 0.6 is 0 Å². The zero-order valence-corrected chi connectivity index (χ0v) is 14.3. The van der Waals surface area contributed by atoms with Gasteiger partial charge in [0.05, 0.1) is 12.4 Å². The smallest absolute Gasteiger partial charge is 0.274 e. The molecule has 1 N–H and O–H groups in total. The Labute approximate surface area is 143 Å². The number of piperidine rings is 1. The van der Waals surface area contributed by atoms with Crippen LogP contribution in [0.4, 0.5) is 11.5 Å². The third-order valence-electron chi connectivity index (χ3n) is 4.45. The number of hydrogen-bond donors (Lipinski definition) is 1. The standard InChI is InChI=1S/C19H24N4O/c1-3-15-6-8-16(9-7-15)22-18-12-20-17(11-21-18)19(24)23-10-4-5-14(2)13-23/h6-9,11-12,14H,3-5,10,13H2,1-2H3,(H,21,22). The highest BCUT2D eigenvalue weighted by molar-refractivity contribution is 5.92. The second kappa shape index (κ2) is 7.43. The number of carbonyl (C=O) groups excluding carboxylic acids is 1. The zero-order chi connectivity index (χ0) is 16.9.